The largest absolute Gasteiger partial charge is 0.354 e. The molecule has 0 bridgehead atoms. The minimum atomic E-state index is -0.858. The maximum absolute atomic E-state index is 13.8. The van der Waals surface area contributed by atoms with Crippen LogP contribution in [0.25, 0.3) is 11.0 Å². The van der Waals surface area contributed by atoms with Gasteiger partial charge in [0.1, 0.15) is 36.0 Å². The summed E-state index contributed by atoms with van der Waals surface area (Å²) in [5.41, 5.74) is 2.28. The van der Waals surface area contributed by atoms with Gasteiger partial charge in [0.25, 0.3) is 0 Å². The minimum absolute atomic E-state index is 0.0575. The Hall–Kier alpha value is -5.14. The molecule has 3 N–H and O–H groups in total. The van der Waals surface area contributed by atoms with E-state index in [1.165, 1.54) is 9.48 Å². The number of fused-ring (bicyclic) bond motifs is 2. The Bertz CT molecular complexity index is 1670. The number of nitrogens with one attached hydrogen (secondary N) is 3. The van der Waals surface area contributed by atoms with Crippen molar-refractivity contribution in [2.75, 3.05) is 19.6 Å². The molecule has 14 heteroatoms. The molecule has 0 radical (unpaired) electrons. The number of nitrogens with zero attached hydrogens (tertiary/aromatic N) is 7. The van der Waals surface area contributed by atoms with Crippen LogP contribution >= 0.6 is 0 Å². The first kappa shape index (κ1) is 33.2. The Balaban J connectivity index is 1.36. The molecule has 0 saturated carbocycles. The van der Waals surface area contributed by atoms with Crippen molar-refractivity contribution in [3.05, 3.63) is 71.8 Å². The van der Waals surface area contributed by atoms with E-state index in [1.54, 1.807) is 11.8 Å². The summed E-state index contributed by atoms with van der Waals surface area (Å²) < 4.78 is 1.51. The Kier molecular flexibility index (Phi) is 10.9. The van der Waals surface area contributed by atoms with Gasteiger partial charge in [0, 0.05) is 32.5 Å². The second-order valence-corrected chi connectivity index (χ2v) is 12.1. The van der Waals surface area contributed by atoms with E-state index in [0.29, 0.717) is 55.2 Å². The number of rotatable bonds is 5. The molecule has 14 nitrogen and oxygen atoms in total. The molecule has 0 spiro atoms. The van der Waals surface area contributed by atoms with Crippen molar-refractivity contribution < 1.29 is 19.2 Å². The highest BCUT2D eigenvalue weighted by molar-refractivity contribution is 5.88. The van der Waals surface area contributed by atoms with Gasteiger partial charge >= 0.3 is 0 Å². The Morgan fingerprint density at radius 1 is 0.894 bits per heavy atom. The van der Waals surface area contributed by atoms with E-state index in [2.05, 4.69) is 36.2 Å². The molecule has 1 aliphatic rings. The van der Waals surface area contributed by atoms with E-state index in [1.807, 2.05) is 68.4 Å². The number of amides is 4. The third kappa shape index (κ3) is 8.99. The molecule has 0 fully saturated rings. The van der Waals surface area contributed by atoms with Crippen LogP contribution in [0.15, 0.2) is 54.6 Å². The summed E-state index contributed by atoms with van der Waals surface area (Å²) in [6, 6.07) is 15.5. The fourth-order valence-corrected chi connectivity index (χ4v) is 5.60. The van der Waals surface area contributed by atoms with Crippen LogP contribution in [0.4, 0.5) is 0 Å². The zero-order valence-corrected chi connectivity index (χ0v) is 27.1. The third-order valence-corrected chi connectivity index (χ3v) is 7.99. The summed E-state index contributed by atoms with van der Waals surface area (Å²) >= 11 is 0. The van der Waals surface area contributed by atoms with Gasteiger partial charge in [-0.2, -0.15) is 20.1 Å². The highest BCUT2D eigenvalue weighted by atomic mass is 16.2. The molecule has 4 amide bonds. The van der Waals surface area contributed by atoms with Crippen LogP contribution < -0.4 is 16.0 Å². The van der Waals surface area contributed by atoms with Gasteiger partial charge in [-0.15, -0.1) is 0 Å². The number of hydrogen-bond donors (Lipinski definition) is 3. The van der Waals surface area contributed by atoms with Gasteiger partial charge in [-0.05, 0) is 43.4 Å². The number of carbonyl (C=O) groups excluding carboxylic acids is 4. The van der Waals surface area contributed by atoms with Crippen molar-refractivity contribution in [1.29, 1.82) is 0 Å². The van der Waals surface area contributed by atoms with Gasteiger partial charge in [-0.1, -0.05) is 56.3 Å². The van der Waals surface area contributed by atoms with Crippen LogP contribution in [0.1, 0.15) is 56.4 Å². The van der Waals surface area contributed by atoms with Gasteiger partial charge < -0.3 is 20.9 Å². The first-order valence-corrected chi connectivity index (χ1v) is 16.1. The summed E-state index contributed by atoms with van der Waals surface area (Å²) in [4.78, 5) is 61.1. The Morgan fingerprint density at radius 2 is 1.57 bits per heavy atom. The summed E-state index contributed by atoms with van der Waals surface area (Å²) in [6.07, 6.45) is 1.29. The predicted octanol–water partition coefficient (Wildman–Crippen LogP) is 1.70. The fraction of sp³-hybridized carbons (Fsp3) is 0.455. The van der Waals surface area contributed by atoms with Gasteiger partial charge in [0.05, 0.1) is 6.04 Å². The zero-order valence-electron chi connectivity index (χ0n) is 27.1. The van der Waals surface area contributed by atoms with Crippen LogP contribution in [-0.2, 0) is 38.7 Å². The van der Waals surface area contributed by atoms with Crippen molar-refractivity contribution in [2.24, 2.45) is 5.92 Å². The molecular weight excluding hydrogens is 600 g/mol. The molecule has 3 heterocycles. The van der Waals surface area contributed by atoms with Crippen molar-refractivity contribution in [3.63, 3.8) is 0 Å². The van der Waals surface area contributed by atoms with Gasteiger partial charge in [-0.25, -0.2) is 9.67 Å². The lowest BCUT2D eigenvalue weighted by molar-refractivity contribution is -0.133. The van der Waals surface area contributed by atoms with Gasteiger partial charge in [0.15, 0.2) is 5.82 Å². The second-order valence-electron chi connectivity index (χ2n) is 12.1. The van der Waals surface area contributed by atoms with E-state index in [-0.39, 0.29) is 55.5 Å². The van der Waals surface area contributed by atoms with Gasteiger partial charge in [-0.3, -0.25) is 19.2 Å². The predicted molar refractivity (Wildman–Crippen MR) is 174 cm³/mol. The second kappa shape index (κ2) is 15.4. The Labute approximate surface area is 273 Å². The van der Waals surface area contributed by atoms with Crippen LogP contribution in [0.5, 0.6) is 0 Å². The smallest absolute Gasteiger partial charge is 0.246 e. The van der Waals surface area contributed by atoms with Crippen molar-refractivity contribution in [3.8, 4) is 0 Å². The highest BCUT2D eigenvalue weighted by Gasteiger charge is 2.30. The van der Waals surface area contributed by atoms with E-state index < -0.39 is 12.1 Å². The van der Waals surface area contributed by atoms with E-state index in [0.717, 1.165) is 5.56 Å². The molecule has 1 aliphatic heterocycles. The first-order valence-electron chi connectivity index (χ1n) is 16.1. The number of aryl methyl sites for hydroxylation is 1. The molecule has 248 valence electrons. The van der Waals surface area contributed by atoms with Crippen LogP contribution in [0.3, 0.4) is 0 Å². The molecule has 47 heavy (non-hydrogen) atoms. The Morgan fingerprint density at radius 3 is 2.28 bits per heavy atom. The molecule has 0 aliphatic carbocycles. The fourth-order valence-electron chi connectivity index (χ4n) is 5.60. The normalized spacial score (nSPS) is 19.0. The SMILES string of the molecule is Cc1nc2n(n1)CC(=O)NCCCN(C(=O)Cn1nc3ccccc3n1)CCCC(=O)N[C@H](Cc1ccccc1)C(=O)N[C@H]2C(C)C. The summed E-state index contributed by atoms with van der Waals surface area (Å²) in [6.45, 7) is 6.51. The third-order valence-electron chi connectivity index (χ3n) is 7.99. The summed E-state index contributed by atoms with van der Waals surface area (Å²) in [5, 5.41) is 22.2. The van der Waals surface area contributed by atoms with E-state index in [4.69, 9.17) is 0 Å². The van der Waals surface area contributed by atoms with Crippen molar-refractivity contribution >= 4 is 34.7 Å². The molecule has 5 rings (SSSR count). The van der Waals surface area contributed by atoms with Crippen LogP contribution in [0, 0.1) is 12.8 Å². The quantitative estimate of drug-likeness (QED) is 0.296. The average Bonchev–Trinajstić information content (AvgIpc) is 3.62. The molecule has 2 atom stereocenters. The van der Waals surface area contributed by atoms with Crippen molar-refractivity contribution in [1.82, 2.24) is 50.6 Å². The topological polar surface area (TPSA) is 169 Å². The zero-order chi connectivity index (χ0) is 33.3. The lowest BCUT2D eigenvalue weighted by Gasteiger charge is -2.26. The van der Waals surface area contributed by atoms with E-state index >= 15 is 0 Å². The molecule has 2 aromatic heterocycles. The number of aromatic nitrogens is 6. The number of hydrogen-bond acceptors (Lipinski definition) is 8. The monoisotopic (exact) mass is 642 g/mol. The summed E-state index contributed by atoms with van der Waals surface area (Å²) in [5.74, 6) is -0.260. The number of carbonyl (C=O) groups is 4. The standard InChI is InChI=1S/C33H42N10O4/c1-22(2)31-32-35-23(3)38-42(32)20-29(45)34-16-10-18-41(30(46)21-43-39-25-13-7-8-14-26(25)40-43)17-9-15-28(44)36-27(33(47)37-31)19-24-11-5-4-6-12-24/h4-8,11-14,22,27,31H,9-10,15-21H2,1-3H3,(H,34,45)(H,36,44)(H,37,47)/t27-,31+/m1/s1. The maximum Gasteiger partial charge on any atom is 0.246 e. The van der Waals surface area contributed by atoms with Crippen LogP contribution in [0.2, 0.25) is 0 Å². The van der Waals surface area contributed by atoms with E-state index in [9.17, 15) is 19.2 Å². The molecule has 0 saturated heterocycles. The first-order chi connectivity index (χ1) is 22.7. The highest BCUT2D eigenvalue weighted by Crippen LogP contribution is 2.21. The van der Waals surface area contributed by atoms with Gasteiger partial charge in [0.2, 0.25) is 23.6 Å². The molecule has 0 unspecified atom stereocenters. The molecule has 4 aromatic rings. The van der Waals surface area contributed by atoms with Crippen molar-refractivity contribution in [2.45, 2.75) is 71.6 Å². The maximum atomic E-state index is 13.8. The number of benzene rings is 2. The minimum Gasteiger partial charge on any atom is -0.354 e. The molecular formula is C33H42N10O4. The molecule has 2 aromatic carbocycles. The lowest BCUT2D eigenvalue weighted by atomic mass is 10.0. The lowest BCUT2D eigenvalue weighted by Crippen LogP contribution is -2.50. The summed E-state index contributed by atoms with van der Waals surface area (Å²) in [7, 11) is 0. The van der Waals surface area contributed by atoms with Crippen LogP contribution in [-0.4, -0.2) is 84.0 Å². The average molecular weight is 643 g/mol.